The molecule has 0 fully saturated rings. The maximum absolute atomic E-state index is 10.2. The van der Waals surface area contributed by atoms with Crippen LogP contribution in [0.5, 0.6) is 0 Å². The number of fused-ring (bicyclic) bond motifs is 6. The van der Waals surface area contributed by atoms with Crippen LogP contribution in [0.15, 0.2) is 102 Å². The Balaban J connectivity index is 1.57. The van der Waals surface area contributed by atoms with Gasteiger partial charge in [0.05, 0.1) is 22.2 Å². The average molecular weight is 477 g/mol. The van der Waals surface area contributed by atoms with Crippen LogP contribution in [-0.4, -0.2) is 4.98 Å². The van der Waals surface area contributed by atoms with Crippen molar-refractivity contribution in [3.63, 3.8) is 0 Å². The first kappa shape index (κ1) is 21.3. The number of nitriles is 1. The molecule has 0 amide bonds. The van der Waals surface area contributed by atoms with Crippen molar-refractivity contribution in [2.75, 3.05) is 0 Å². The van der Waals surface area contributed by atoms with Gasteiger partial charge >= 0.3 is 0 Å². The molecule has 3 aromatic heterocycles. The third kappa shape index (κ3) is 3.15. The Hall–Kier alpha value is -5.01. The van der Waals surface area contributed by atoms with E-state index in [1.165, 1.54) is 5.39 Å². The van der Waals surface area contributed by atoms with Gasteiger partial charge in [0.25, 0.3) is 0 Å². The largest absolute Gasteiger partial charge is 0.437 e. The molecule has 0 saturated heterocycles. The lowest BCUT2D eigenvalue weighted by molar-refractivity contribution is -0.660. The third-order valence-corrected chi connectivity index (χ3v) is 7.30. The number of hydrogen-bond donors (Lipinski definition) is 0. The smallest absolute Gasteiger partial charge is 0.229 e. The maximum Gasteiger partial charge on any atom is 0.229 e. The molecule has 0 radical (unpaired) electrons. The van der Waals surface area contributed by atoms with Crippen LogP contribution in [-0.2, 0) is 7.05 Å². The second-order valence-corrected chi connectivity index (χ2v) is 9.47. The summed E-state index contributed by atoms with van der Waals surface area (Å²) in [7, 11) is 2.03. The SMILES string of the molecule is Cc1ccc2c(oc3nc(-c4cc5ccccc5c5ccccc45)cc(C#N)c32)c1-c1cccc[n+]1C. The molecule has 0 aliphatic carbocycles. The van der Waals surface area contributed by atoms with Gasteiger partial charge in [0.2, 0.25) is 11.4 Å². The van der Waals surface area contributed by atoms with E-state index in [2.05, 4.69) is 72.2 Å². The van der Waals surface area contributed by atoms with Crippen LogP contribution >= 0.6 is 0 Å². The lowest BCUT2D eigenvalue weighted by Crippen LogP contribution is -2.30. The Labute approximate surface area is 213 Å². The third-order valence-electron chi connectivity index (χ3n) is 7.30. The molecule has 0 N–H and O–H groups in total. The molecule has 7 aromatic rings. The van der Waals surface area contributed by atoms with E-state index in [1.54, 1.807) is 0 Å². The predicted octanol–water partition coefficient (Wildman–Crippen LogP) is 7.63. The van der Waals surface area contributed by atoms with Crippen molar-refractivity contribution in [1.29, 1.82) is 5.26 Å². The van der Waals surface area contributed by atoms with Gasteiger partial charge in [-0.05, 0) is 52.2 Å². The van der Waals surface area contributed by atoms with Crippen LogP contribution in [0, 0.1) is 18.3 Å². The Morgan fingerprint density at radius 3 is 2.38 bits per heavy atom. The van der Waals surface area contributed by atoms with Crippen molar-refractivity contribution < 1.29 is 8.98 Å². The highest BCUT2D eigenvalue weighted by atomic mass is 16.3. The average Bonchev–Trinajstić information content (AvgIpc) is 3.31. The minimum Gasteiger partial charge on any atom is -0.437 e. The number of rotatable bonds is 2. The van der Waals surface area contributed by atoms with Gasteiger partial charge < -0.3 is 4.42 Å². The molecule has 4 nitrogen and oxygen atoms in total. The Bertz CT molecular complexity index is 2080. The summed E-state index contributed by atoms with van der Waals surface area (Å²) >= 11 is 0. The van der Waals surface area contributed by atoms with Crippen molar-refractivity contribution in [3.8, 4) is 28.6 Å². The minimum absolute atomic E-state index is 0.478. The summed E-state index contributed by atoms with van der Waals surface area (Å²) in [6, 6.07) is 33.5. The summed E-state index contributed by atoms with van der Waals surface area (Å²) in [6.45, 7) is 2.08. The van der Waals surface area contributed by atoms with Gasteiger partial charge in [-0.1, -0.05) is 60.7 Å². The van der Waals surface area contributed by atoms with E-state index < -0.39 is 0 Å². The number of aryl methyl sites for hydroxylation is 2. The first-order chi connectivity index (χ1) is 18.1. The van der Waals surface area contributed by atoms with Gasteiger partial charge in [-0.2, -0.15) is 5.26 Å². The highest BCUT2D eigenvalue weighted by Gasteiger charge is 2.23. The molecule has 174 valence electrons. The first-order valence-corrected chi connectivity index (χ1v) is 12.3. The van der Waals surface area contributed by atoms with Crippen LogP contribution in [0.3, 0.4) is 0 Å². The van der Waals surface area contributed by atoms with Crippen LogP contribution in [0.4, 0.5) is 0 Å². The lowest BCUT2D eigenvalue weighted by Gasteiger charge is -2.10. The van der Waals surface area contributed by atoms with Crippen molar-refractivity contribution in [3.05, 3.63) is 108 Å². The molecule has 4 heteroatoms. The zero-order valence-corrected chi connectivity index (χ0v) is 20.5. The summed E-state index contributed by atoms with van der Waals surface area (Å²) in [5.41, 5.74) is 6.67. The Morgan fingerprint density at radius 2 is 1.57 bits per heavy atom. The number of aromatic nitrogens is 2. The molecule has 0 aliphatic rings. The van der Waals surface area contributed by atoms with E-state index in [1.807, 2.05) is 49.6 Å². The second kappa shape index (κ2) is 8.01. The van der Waals surface area contributed by atoms with E-state index in [0.717, 1.165) is 60.6 Å². The molecular formula is C33H22N3O+. The van der Waals surface area contributed by atoms with Gasteiger partial charge in [0.15, 0.2) is 11.8 Å². The first-order valence-electron chi connectivity index (χ1n) is 12.3. The number of nitrogens with zero attached hydrogens (tertiary/aromatic N) is 3. The van der Waals surface area contributed by atoms with Crippen molar-refractivity contribution in [2.45, 2.75) is 6.92 Å². The van der Waals surface area contributed by atoms with Gasteiger partial charge in [-0.15, -0.1) is 0 Å². The van der Waals surface area contributed by atoms with E-state index in [-0.39, 0.29) is 0 Å². The van der Waals surface area contributed by atoms with Crippen LogP contribution in [0.25, 0.3) is 66.1 Å². The molecule has 0 saturated carbocycles. The standard InChI is InChI=1S/C33H22N3O/c1-20-14-15-26-31-22(19-34)18-28(35-33(31)37-32(26)30(20)29-13-7-8-16-36(29)2)27-17-21-9-3-4-10-23(21)24-11-5-6-12-25(24)27/h3-18H,1-2H3/q+1. The predicted molar refractivity (Wildman–Crippen MR) is 148 cm³/mol. The van der Waals surface area contributed by atoms with Crippen molar-refractivity contribution >= 4 is 43.6 Å². The molecule has 0 atom stereocenters. The fraction of sp³-hybridized carbons (Fsp3) is 0.0606. The van der Waals surface area contributed by atoms with E-state index in [4.69, 9.17) is 9.40 Å². The van der Waals surface area contributed by atoms with Gasteiger partial charge in [-0.25, -0.2) is 9.55 Å². The van der Waals surface area contributed by atoms with E-state index in [9.17, 15) is 5.26 Å². The molecule has 3 heterocycles. The molecular weight excluding hydrogens is 454 g/mol. The second-order valence-electron chi connectivity index (χ2n) is 9.47. The van der Waals surface area contributed by atoms with Crippen LogP contribution in [0.1, 0.15) is 11.1 Å². The van der Waals surface area contributed by atoms with Crippen molar-refractivity contribution in [1.82, 2.24) is 4.98 Å². The summed E-state index contributed by atoms with van der Waals surface area (Å²) in [4.78, 5) is 5.01. The normalized spacial score (nSPS) is 11.5. The van der Waals surface area contributed by atoms with Crippen LogP contribution in [0.2, 0.25) is 0 Å². The number of hydrogen-bond acceptors (Lipinski definition) is 3. The summed E-state index contributed by atoms with van der Waals surface area (Å²) < 4.78 is 8.59. The van der Waals surface area contributed by atoms with Gasteiger partial charge in [-0.3, -0.25) is 0 Å². The zero-order valence-electron chi connectivity index (χ0n) is 20.5. The fourth-order valence-electron chi connectivity index (χ4n) is 5.53. The highest BCUT2D eigenvalue weighted by molar-refractivity contribution is 6.15. The summed E-state index contributed by atoms with van der Waals surface area (Å²) in [6.07, 6.45) is 2.03. The highest BCUT2D eigenvalue weighted by Crippen LogP contribution is 2.40. The summed E-state index contributed by atoms with van der Waals surface area (Å²) in [5, 5.41) is 16.5. The van der Waals surface area contributed by atoms with Gasteiger partial charge in [0, 0.05) is 23.1 Å². The number of furan rings is 1. The van der Waals surface area contributed by atoms with E-state index in [0.29, 0.717) is 11.3 Å². The van der Waals surface area contributed by atoms with Crippen LogP contribution < -0.4 is 4.57 Å². The fourth-order valence-corrected chi connectivity index (χ4v) is 5.53. The quantitative estimate of drug-likeness (QED) is 0.190. The summed E-state index contributed by atoms with van der Waals surface area (Å²) in [5.74, 6) is 0. The molecule has 7 rings (SSSR count). The van der Waals surface area contributed by atoms with Crippen molar-refractivity contribution in [2.24, 2.45) is 7.05 Å². The Kier molecular flexibility index (Phi) is 4.61. The molecule has 0 spiro atoms. The number of benzene rings is 4. The number of pyridine rings is 2. The Morgan fingerprint density at radius 1 is 0.811 bits per heavy atom. The maximum atomic E-state index is 10.2. The minimum atomic E-state index is 0.478. The zero-order chi connectivity index (χ0) is 25.1. The van der Waals surface area contributed by atoms with E-state index >= 15 is 0 Å². The topological polar surface area (TPSA) is 53.7 Å². The molecule has 0 unspecified atom stereocenters. The molecule has 4 aromatic carbocycles. The lowest BCUT2D eigenvalue weighted by atomic mass is 9.94. The van der Waals surface area contributed by atoms with Gasteiger partial charge in [0.1, 0.15) is 13.1 Å². The molecule has 0 bridgehead atoms. The molecule has 0 aliphatic heterocycles. The molecule has 37 heavy (non-hydrogen) atoms. The monoisotopic (exact) mass is 476 g/mol.